The summed E-state index contributed by atoms with van der Waals surface area (Å²) in [4.78, 5) is 10.7. The lowest BCUT2D eigenvalue weighted by molar-refractivity contribution is 0.0697. The van der Waals surface area contributed by atoms with Crippen LogP contribution in [0.5, 0.6) is 0 Å². The number of benzene rings is 2. The second kappa shape index (κ2) is 5.02. The number of aliphatic hydroxyl groups is 1. The van der Waals surface area contributed by atoms with Crippen LogP contribution in [0.4, 0.5) is 0 Å². The Morgan fingerprint density at radius 2 is 1.39 bits per heavy atom. The zero-order valence-electron chi connectivity index (χ0n) is 10.00. The second-order valence-electron chi connectivity index (χ2n) is 4.18. The smallest absolute Gasteiger partial charge is 0.335 e. The summed E-state index contributed by atoms with van der Waals surface area (Å²) in [7, 11) is 0. The van der Waals surface area contributed by atoms with E-state index >= 15 is 0 Å². The van der Waals surface area contributed by atoms with Gasteiger partial charge in [0, 0.05) is 0 Å². The van der Waals surface area contributed by atoms with Gasteiger partial charge in [-0.3, -0.25) is 0 Å². The van der Waals surface area contributed by atoms with E-state index in [1.807, 2.05) is 24.3 Å². The Balaban J connectivity index is 2.28. The summed E-state index contributed by atoms with van der Waals surface area (Å²) in [6.45, 7) is 1.72. The van der Waals surface area contributed by atoms with Gasteiger partial charge in [0.2, 0.25) is 0 Å². The molecule has 0 bridgehead atoms. The van der Waals surface area contributed by atoms with Crippen molar-refractivity contribution in [2.24, 2.45) is 0 Å². The van der Waals surface area contributed by atoms with E-state index in [-0.39, 0.29) is 5.56 Å². The van der Waals surface area contributed by atoms with Gasteiger partial charge in [0.15, 0.2) is 0 Å². The highest BCUT2D eigenvalue weighted by atomic mass is 16.4. The number of carboxylic acid groups (broad SMARTS) is 1. The van der Waals surface area contributed by atoms with Gasteiger partial charge in [0.05, 0.1) is 11.7 Å². The summed E-state index contributed by atoms with van der Waals surface area (Å²) in [6.07, 6.45) is -0.478. The normalized spacial score (nSPS) is 12.1. The number of carbonyl (C=O) groups is 1. The fourth-order valence-electron chi connectivity index (χ4n) is 1.76. The molecule has 1 unspecified atom stereocenters. The van der Waals surface area contributed by atoms with Crippen molar-refractivity contribution in [2.75, 3.05) is 0 Å². The fraction of sp³-hybridized carbons (Fsp3) is 0.133. The summed E-state index contributed by atoms with van der Waals surface area (Å²) in [5, 5.41) is 18.2. The molecule has 0 aliphatic carbocycles. The zero-order valence-corrected chi connectivity index (χ0v) is 10.00. The molecule has 0 amide bonds. The van der Waals surface area contributed by atoms with Gasteiger partial charge in [-0.05, 0) is 35.7 Å². The van der Waals surface area contributed by atoms with Crippen molar-refractivity contribution >= 4 is 5.97 Å². The van der Waals surface area contributed by atoms with Crippen LogP contribution in [0.15, 0.2) is 48.5 Å². The molecule has 92 valence electrons. The fourth-order valence-corrected chi connectivity index (χ4v) is 1.76. The molecule has 0 aliphatic rings. The monoisotopic (exact) mass is 242 g/mol. The van der Waals surface area contributed by atoms with E-state index in [1.54, 1.807) is 31.2 Å². The maximum absolute atomic E-state index is 10.7. The third kappa shape index (κ3) is 2.57. The van der Waals surface area contributed by atoms with Crippen molar-refractivity contribution in [3.8, 4) is 11.1 Å². The van der Waals surface area contributed by atoms with E-state index in [4.69, 9.17) is 5.11 Å². The summed E-state index contributed by atoms with van der Waals surface area (Å²) in [5.74, 6) is -0.925. The van der Waals surface area contributed by atoms with Crippen molar-refractivity contribution < 1.29 is 15.0 Å². The first-order valence-electron chi connectivity index (χ1n) is 5.69. The van der Waals surface area contributed by atoms with Crippen LogP contribution in [-0.4, -0.2) is 16.2 Å². The predicted octanol–water partition coefficient (Wildman–Crippen LogP) is 3.11. The van der Waals surface area contributed by atoms with Gasteiger partial charge in [0.1, 0.15) is 0 Å². The molecule has 2 rings (SSSR count). The summed E-state index contributed by atoms with van der Waals surface area (Å²) >= 11 is 0. The molecule has 0 saturated carbocycles. The first-order chi connectivity index (χ1) is 8.58. The van der Waals surface area contributed by atoms with E-state index in [9.17, 15) is 9.90 Å². The quantitative estimate of drug-likeness (QED) is 0.869. The molecule has 3 heteroatoms. The first kappa shape index (κ1) is 12.3. The topological polar surface area (TPSA) is 57.5 Å². The van der Waals surface area contributed by atoms with Crippen LogP contribution in [0.1, 0.15) is 28.9 Å². The van der Waals surface area contributed by atoms with Crippen LogP contribution >= 0.6 is 0 Å². The molecular formula is C15H14O3. The number of carboxylic acids is 1. The molecular weight excluding hydrogens is 228 g/mol. The maximum Gasteiger partial charge on any atom is 0.335 e. The molecule has 3 nitrogen and oxygen atoms in total. The molecule has 0 heterocycles. The SMILES string of the molecule is CC(O)c1ccc(-c2ccc(C(=O)O)cc2)cc1. The number of aliphatic hydroxyl groups excluding tert-OH is 1. The highest BCUT2D eigenvalue weighted by Crippen LogP contribution is 2.22. The van der Waals surface area contributed by atoms with Crippen LogP contribution in [-0.2, 0) is 0 Å². The van der Waals surface area contributed by atoms with E-state index in [1.165, 1.54) is 0 Å². The predicted molar refractivity (Wildman–Crippen MR) is 69.5 cm³/mol. The Hall–Kier alpha value is -2.13. The van der Waals surface area contributed by atoms with Crippen LogP contribution in [0, 0.1) is 0 Å². The lowest BCUT2D eigenvalue weighted by atomic mass is 10.0. The number of hydrogen-bond donors (Lipinski definition) is 2. The highest BCUT2D eigenvalue weighted by molar-refractivity contribution is 5.88. The van der Waals surface area contributed by atoms with Crippen LogP contribution < -0.4 is 0 Å². The minimum Gasteiger partial charge on any atom is -0.478 e. The third-order valence-corrected chi connectivity index (χ3v) is 2.86. The molecule has 1 atom stereocenters. The van der Waals surface area contributed by atoms with Crippen molar-refractivity contribution in [3.05, 3.63) is 59.7 Å². The molecule has 18 heavy (non-hydrogen) atoms. The lowest BCUT2D eigenvalue weighted by Gasteiger charge is -2.06. The minimum atomic E-state index is -0.925. The maximum atomic E-state index is 10.7. The average molecular weight is 242 g/mol. The minimum absolute atomic E-state index is 0.277. The molecule has 0 fully saturated rings. The second-order valence-corrected chi connectivity index (χ2v) is 4.18. The summed E-state index contributed by atoms with van der Waals surface area (Å²) in [6, 6.07) is 14.3. The summed E-state index contributed by atoms with van der Waals surface area (Å²) in [5.41, 5.74) is 3.09. The Morgan fingerprint density at radius 1 is 0.944 bits per heavy atom. The number of aromatic carboxylic acids is 1. The van der Waals surface area contributed by atoms with Gasteiger partial charge in [-0.2, -0.15) is 0 Å². The van der Waals surface area contributed by atoms with Gasteiger partial charge in [-0.1, -0.05) is 36.4 Å². The molecule has 2 aromatic rings. The number of rotatable bonds is 3. The largest absolute Gasteiger partial charge is 0.478 e. The molecule has 0 aromatic heterocycles. The van der Waals surface area contributed by atoms with Crippen molar-refractivity contribution in [1.82, 2.24) is 0 Å². The molecule has 0 spiro atoms. The Kier molecular flexibility index (Phi) is 3.44. The van der Waals surface area contributed by atoms with Gasteiger partial charge in [-0.15, -0.1) is 0 Å². The molecule has 0 radical (unpaired) electrons. The number of hydrogen-bond acceptors (Lipinski definition) is 2. The van der Waals surface area contributed by atoms with Gasteiger partial charge in [0.25, 0.3) is 0 Å². The van der Waals surface area contributed by atoms with Crippen molar-refractivity contribution in [2.45, 2.75) is 13.0 Å². The van der Waals surface area contributed by atoms with Crippen molar-refractivity contribution in [1.29, 1.82) is 0 Å². The van der Waals surface area contributed by atoms with Gasteiger partial charge >= 0.3 is 5.97 Å². The molecule has 0 saturated heterocycles. The zero-order chi connectivity index (χ0) is 13.1. The van der Waals surface area contributed by atoms with E-state index in [0.717, 1.165) is 16.7 Å². The summed E-state index contributed by atoms with van der Waals surface area (Å²) < 4.78 is 0. The third-order valence-electron chi connectivity index (χ3n) is 2.86. The van der Waals surface area contributed by atoms with Crippen LogP contribution in [0.3, 0.4) is 0 Å². The molecule has 2 N–H and O–H groups in total. The highest BCUT2D eigenvalue weighted by Gasteiger charge is 2.04. The van der Waals surface area contributed by atoms with Crippen molar-refractivity contribution in [3.63, 3.8) is 0 Å². The lowest BCUT2D eigenvalue weighted by Crippen LogP contribution is -1.95. The van der Waals surface area contributed by atoms with E-state index < -0.39 is 12.1 Å². The average Bonchev–Trinajstić information content (AvgIpc) is 2.39. The standard InChI is InChI=1S/C15H14O3/c1-10(16)11-2-4-12(5-3-11)13-6-8-14(9-7-13)15(17)18/h2-10,16H,1H3,(H,17,18). The first-order valence-corrected chi connectivity index (χ1v) is 5.69. The van der Waals surface area contributed by atoms with Crippen LogP contribution in [0.25, 0.3) is 11.1 Å². The van der Waals surface area contributed by atoms with E-state index in [2.05, 4.69) is 0 Å². The van der Waals surface area contributed by atoms with Gasteiger partial charge < -0.3 is 10.2 Å². The van der Waals surface area contributed by atoms with Gasteiger partial charge in [-0.25, -0.2) is 4.79 Å². The molecule has 2 aromatic carbocycles. The molecule has 0 aliphatic heterocycles. The van der Waals surface area contributed by atoms with E-state index in [0.29, 0.717) is 0 Å². The Bertz CT molecular complexity index is 539. The Morgan fingerprint density at radius 3 is 1.78 bits per heavy atom. The van der Waals surface area contributed by atoms with Crippen LogP contribution in [0.2, 0.25) is 0 Å². The Labute approximate surface area is 105 Å².